The van der Waals surface area contributed by atoms with Crippen molar-refractivity contribution in [3.8, 4) is 0 Å². The van der Waals surface area contributed by atoms with Gasteiger partial charge in [0.25, 0.3) is 0 Å². The third kappa shape index (κ3) is 4.40. The first-order valence-corrected chi connectivity index (χ1v) is 8.62. The van der Waals surface area contributed by atoms with Gasteiger partial charge in [-0.05, 0) is 39.5 Å². The normalized spacial score (nSPS) is 18.0. The molecule has 1 aromatic carbocycles. The van der Waals surface area contributed by atoms with E-state index in [1.54, 1.807) is 4.90 Å². The van der Waals surface area contributed by atoms with Crippen LogP contribution >= 0.6 is 0 Å². The van der Waals surface area contributed by atoms with E-state index < -0.39 is 5.60 Å². The van der Waals surface area contributed by atoms with Crippen molar-refractivity contribution in [1.29, 1.82) is 0 Å². The Labute approximate surface area is 157 Å². The van der Waals surface area contributed by atoms with Gasteiger partial charge in [0.2, 0.25) is 0 Å². The maximum atomic E-state index is 12.7. The van der Waals surface area contributed by atoms with E-state index in [0.717, 1.165) is 24.1 Å². The second-order valence-corrected chi connectivity index (χ2v) is 7.51. The summed E-state index contributed by atoms with van der Waals surface area (Å²) in [5, 5.41) is 0. The first-order valence-electron chi connectivity index (χ1n) is 8.62. The molecule has 1 aromatic rings. The molecule has 24 heavy (non-hydrogen) atoms. The van der Waals surface area contributed by atoms with E-state index in [1.807, 2.05) is 45.5 Å². The molecule has 0 spiro atoms. The van der Waals surface area contributed by atoms with Gasteiger partial charge in [-0.1, -0.05) is 37.9 Å². The number of fused-ring (bicyclic) bond motifs is 1. The van der Waals surface area contributed by atoms with Crippen LogP contribution in [0.4, 0.5) is 4.79 Å². The van der Waals surface area contributed by atoms with Crippen molar-refractivity contribution >= 4 is 12.2 Å². The third-order valence-corrected chi connectivity index (χ3v) is 4.46. The Morgan fingerprint density at radius 2 is 1.83 bits per heavy atom. The zero-order valence-electron chi connectivity index (χ0n) is 15.3. The molecule has 1 aliphatic heterocycles. The summed E-state index contributed by atoms with van der Waals surface area (Å²) in [4.78, 5) is 14.4. The molecule has 3 nitrogen and oxygen atoms in total. The van der Waals surface area contributed by atoms with Crippen molar-refractivity contribution in [3.05, 3.63) is 47.6 Å². The van der Waals surface area contributed by atoms with Crippen LogP contribution in [0, 0.1) is 12.5 Å². The van der Waals surface area contributed by atoms with Gasteiger partial charge in [-0.2, -0.15) is 11.6 Å². The Morgan fingerprint density at radius 1 is 1.17 bits per heavy atom. The minimum absolute atomic E-state index is 0. The molecule has 0 aromatic heterocycles. The van der Waals surface area contributed by atoms with Crippen LogP contribution in [-0.4, -0.2) is 16.6 Å². The molecule has 124 valence electrons. The maximum absolute atomic E-state index is 12.7. The third-order valence-electron chi connectivity index (χ3n) is 4.46. The molecule has 1 aliphatic carbocycles. The summed E-state index contributed by atoms with van der Waals surface area (Å²) in [5.41, 5.74) is 2.86. The molecule has 0 radical (unpaired) electrons. The number of hydrogen-bond acceptors (Lipinski definition) is 2. The minimum Gasteiger partial charge on any atom is -0.444 e. The molecule has 0 bridgehead atoms. The SMILES string of the molecule is CC(C)(C)OC(=O)N1[CH-]c2ccccc2C=C1C1CCCCC1.[Li+]. The van der Waals surface area contributed by atoms with Crippen molar-refractivity contribution in [3.63, 3.8) is 0 Å². The molecule has 1 saturated carbocycles. The van der Waals surface area contributed by atoms with Gasteiger partial charge in [-0.3, -0.25) is 0 Å². The van der Waals surface area contributed by atoms with E-state index in [9.17, 15) is 4.79 Å². The number of allylic oxidation sites excluding steroid dienone is 1. The largest absolute Gasteiger partial charge is 1.00 e. The smallest absolute Gasteiger partial charge is 0.444 e. The fraction of sp³-hybridized carbons (Fsp3) is 0.500. The van der Waals surface area contributed by atoms with Crippen LogP contribution in [0.15, 0.2) is 30.0 Å². The summed E-state index contributed by atoms with van der Waals surface area (Å²) in [7, 11) is 0. The minimum atomic E-state index is -0.487. The van der Waals surface area contributed by atoms with Crippen LogP contribution in [0.1, 0.15) is 64.0 Å². The summed E-state index contributed by atoms with van der Waals surface area (Å²) >= 11 is 0. The Balaban J connectivity index is 0.00000208. The van der Waals surface area contributed by atoms with Crippen LogP contribution in [0.2, 0.25) is 0 Å². The van der Waals surface area contributed by atoms with Gasteiger partial charge in [0.05, 0.1) is 0 Å². The van der Waals surface area contributed by atoms with Gasteiger partial charge < -0.3 is 9.64 Å². The topological polar surface area (TPSA) is 29.5 Å². The Kier molecular flexibility index (Phi) is 6.12. The Morgan fingerprint density at radius 3 is 2.50 bits per heavy atom. The molecule has 0 saturated heterocycles. The van der Waals surface area contributed by atoms with Crippen LogP contribution < -0.4 is 18.9 Å². The fourth-order valence-electron chi connectivity index (χ4n) is 3.38. The number of hydrogen-bond donors (Lipinski definition) is 0. The van der Waals surface area contributed by atoms with Crippen LogP contribution in [0.25, 0.3) is 6.08 Å². The predicted molar refractivity (Wildman–Crippen MR) is 92.5 cm³/mol. The molecule has 1 amide bonds. The summed E-state index contributed by atoms with van der Waals surface area (Å²) < 4.78 is 5.63. The molecule has 3 rings (SSSR count). The molecule has 1 heterocycles. The Hall–Kier alpha value is -1.30. The van der Waals surface area contributed by atoms with E-state index in [4.69, 9.17) is 4.74 Å². The molecular weight excluding hydrogens is 293 g/mol. The van der Waals surface area contributed by atoms with Crippen LogP contribution in [-0.2, 0) is 4.74 Å². The van der Waals surface area contributed by atoms with E-state index in [0.29, 0.717) is 5.92 Å². The average molecular weight is 319 g/mol. The average Bonchev–Trinajstić information content (AvgIpc) is 2.53. The van der Waals surface area contributed by atoms with Crippen LogP contribution in [0.3, 0.4) is 0 Å². The van der Waals surface area contributed by atoms with Gasteiger partial charge in [-0.25, -0.2) is 4.79 Å². The van der Waals surface area contributed by atoms with Crippen molar-refractivity contribution in [2.24, 2.45) is 5.92 Å². The number of nitrogens with zero attached hydrogens (tertiary/aromatic N) is 1. The number of ether oxygens (including phenoxy) is 1. The molecule has 0 atom stereocenters. The quantitative estimate of drug-likeness (QED) is 0.587. The summed E-state index contributed by atoms with van der Waals surface area (Å²) in [6, 6.07) is 8.20. The maximum Gasteiger partial charge on any atom is 1.00 e. The van der Waals surface area contributed by atoms with E-state index in [-0.39, 0.29) is 25.0 Å². The van der Waals surface area contributed by atoms with Gasteiger partial charge in [0, 0.05) is 5.70 Å². The zero-order valence-corrected chi connectivity index (χ0v) is 15.3. The molecular formula is C20H26LiNO2. The van der Waals surface area contributed by atoms with Gasteiger partial charge in [0.15, 0.2) is 0 Å². The molecule has 1 fully saturated rings. The summed E-state index contributed by atoms with van der Waals surface area (Å²) in [5.74, 6) is 0.445. The monoisotopic (exact) mass is 319 g/mol. The van der Waals surface area contributed by atoms with E-state index in [1.165, 1.54) is 24.8 Å². The number of rotatable bonds is 1. The van der Waals surface area contributed by atoms with Gasteiger partial charge in [-0.15, -0.1) is 17.7 Å². The van der Waals surface area contributed by atoms with E-state index >= 15 is 0 Å². The number of amides is 1. The van der Waals surface area contributed by atoms with Crippen molar-refractivity contribution < 1.29 is 28.4 Å². The zero-order chi connectivity index (χ0) is 16.4. The number of carbonyl (C=O) groups is 1. The second-order valence-electron chi connectivity index (χ2n) is 7.51. The van der Waals surface area contributed by atoms with Gasteiger partial charge in [0.1, 0.15) is 5.60 Å². The Bertz CT molecular complexity index is 612. The summed E-state index contributed by atoms with van der Waals surface area (Å²) in [6.45, 7) is 7.67. The molecule has 0 unspecified atom stereocenters. The molecule has 0 N–H and O–H groups in total. The molecule has 2 aliphatic rings. The van der Waals surface area contributed by atoms with Crippen molar-refractivity contribution in [2.45, 2.75) is 58.5 Å². The first kappa shape index (κ1) is 19.0. The van der Waals surface area contributed by atoms with Crippen molar-refractivity contribution in [2.75, 3.05) is 0 Å². The number of benzene rings is 1. The standard InChI is InChI=1S/C20H26NO2.Li/c1-20(2,3)23-19(22)21-14-17-12-8-7-11-16(17)13-18(21)15-9-5-4-6-10-15;/h7-8,11-15H,4-6,9-10H2,1-3H3;/q-1;+1. The first-order chi connectivity index (χ1) is 10.9. The van der Waals surface area contributed by atoms with Crippen molar-refractivity contribution in [1.82, 2.24) is 4.90 Å². The number of carbonyl (C=O) groups excluding carboxylic acids is 1. The predicted octanol–water partition coefficient (Wildman–Crippen LogP) is 2.37. The molecule has 4 heteroatoms. The van der Waals surface area contributed by atoms with Crippen LogP contribution in [0.5, 0.6) is 0 Å². The second kappa shape index (κ2) is 7.72. The summed E-state index contributed by atoms with van der Waals surface area (Å²) in [6.07, 6.45) is 8.00. The van der Waals surface area contributed by atoms with Gasteiger partial charge >= 0.3 is 25.0 Å². The fourth-order valence-corrected chi connectivity index (χ4v) is 3.38. The van der Waals surface area contributed by atoms with E-state index in [2.05, 4.69) is 12.1 Å².